The summed E-state index contributed by atoms with van der Waals surface area (Å²) in [7, 11) is 0. The SMILES string of the molecule is O=C(Nc1ccccc1)C(CCO)N1CCCC2=C1C=CC(Cl)C2. The third-order valence-corrected chi connectivity index (χ3v) is 4.88. The summed E-state index contributed by atoms with van der Waals surface area (Å²) < 4.78 is 0. The third-order valence-electron chi connectivity index (χ3n) is 4.58. The number of amides is 1. The summed E-state index contributed by atoms with van der Waals surface area (Å²) in [6, 6.07) is 9.06. The zero-order valence-corrected chi connectivity index (χ0v) is 14.4. The second-order valence-corrected chi connectivity index (χ2v) is 6.81. The second kappa shape index (κ2) is 7.86. The Bertz CT molecular complexity index is 642. The molecule has 24 heavy (non-hydrogen) atoms. The van der Waals surface area contributed by atoms with Crippen LogP contribution in [0.3, 0.4) is 0 Å². The van der Waals surface area contributed by atoms with Crippen molar-refractivity contribution in [3.63, 3.8) is 0 Å². The molecule has 2 N–H and O–H groups in total. The highest BCUT2D eigenvalue weighted by Crippen LogP contribution is 2.34. The highest BCUT2D eigenvalue weighted by molar-refractivity contribution is 6.22. The van der Waals surface area contributed by atoms with E-state index < -0.39 is 0 Å². The van der Waals surface area contributed by atoms with Gasteiger partial charge in [-0.1, -0.05) is 24.3 Å². The molecule has 1 aromatic carbocycles. The summed E-state index contributed by atoms with van der Waals surface area (Å²) in [5.74, 6) is -0.0783. The molecule has 1 heterocycles. The molecule has 5 heteroatoms. The number of anilines is 1. The van der Waals surface area contributed by atoms with Crippen LogP contribution in [0.2, 0.25) is 0 Å². The molecule has 3 rings (SSSR count). The maximum atomic E-state index is 12.8. The van der Waals surface area contributed by atoms with Crippen LogP contribution in [-0.2, 0) is 4.79 Å². The van der Waals surface area contributed by atoms with E-state index in [1.165, 1.54) is 5.57 Å². The number of hydrogen-bond acceptors (Lipinski definition) is 3. The monoisotopic (exact) mass is 346 g/mol. The number of carbonyl (C=O) groups excluding carboxylic acids is 1. The summed E-state index contributed by atoms with van der Waals surface area (Å²) in [5, 5.41) is 12.5. The van der Waals surface area contributed by atoms with Crippen molar-refractivity contribution in [2.24, 2.45) is 0 Å². The predicted octanol–water partition coefficient (Wildman–Crippen LogP) is 3.29. The lowest BCUT2D eigenvalue weighted by Gasteiger charge is -2.39. The number of rotatable bonds is 5. The van der Waals surface area contributed by atoms with Crippen LogP contribution in [0.1, 0.15) is 25.7 Å². The number of nitrogens with one attached hydrogen (secondary N) is 1. The average Bonchev–Trinajstić information content (AvgIpc) is 2.60. The molecule has 0 saturated carbocycles. The van der Waals surface area contributed by atoms with Gasteiger partial charge in [-0.25, -0.2) is 0 Å². The number of aliphatic hydroxyl groups excluding tert-OH is 1. The number of nitrogens with zero attached hydrogens (tertiary/aromatic N) is 1. The lowest BCUT2D eigenvalue weighted by molar-refractivity contribution is -0.121. The molecule has 0 radical (unpaired) electrons. The van der Waals surface area contributed by atoms with E-state index in [4.69, 9.17) is 11.6 Å². The number of allylic oxidation sites excluding steroid dienone is 3. The molecular weight excluding hydrogens is 324 g/mol. The number of benzene rings is 1. The minimum absolute atomic E-state index is 0.0200. The van der Waals surface area contributed by atoms with Crippen LogP contribution >= 0.6 is 11.6 Å². The van der Waals surface area contributed by atoms with E-state index in [-0.39, 0.29) is 23.9 Å². The number of halogens is 1. The van der Waals surface area contributed by atoms with Crippen molar-refractivity contribution in [3.05, 3.63) is 53.8 Å². The Morgan fingerprint density at radius 2 is 2.17 bits per heavy atom. The van der Waals surface area contributed by atoms with Gasteiger partial charge in [-0.2, -0.15) is 0 Å². The fraction of sp³-hybridized carbons (Fsp3) is 0.421. The number of hydrogen-bond donors (Lipinski definition) is 2. The van der Waals surface area contributed by atoms with Crippen molar-refractivity contribution in [2.45, 2.75) is 37.1 Å². The molecule has 0 saturated heterocycles. The first-order valence-corrected chi connectivity index (χ1v) is 8.90. The van der Waals surface area contributed by atoms with Gasteiger partial charge in [0.2, 0.25) is 5.91 Å². The van der Waals surface area contributed by atoms with Gasteiger partial charge in [0.15, 0.2) is 0 Å². The highest BCUT2D eigenvalue weighted by atomic mass is 35.5. The van der Waals surface area contributed by atoms with Crippen molar-refractivity contribution in [2.75, 3.05) is 18.5 Å². The van der Waals surface area contributed by atoms with Crippen LogP contribution in [0.5, 0.6) is 0 Å². The summed E-state index contributed by atoms with van der Waals surface area (Å²) >= 11 is 6.24. The summed E-state index contributed by atoms with van der Waals surface area (Å²) in [6.07, 6.45) is 7.33. The lowest BCUT2D eigenvalue weighted by atomic mass is 9.92. The predicted molar refractivity (Wildman–Crippen MR) is 96.9 cm³/mol. The van der Waals surface area contributed by atoms with E-state index in [9.17, 15) is 9.90 Å². The molecule has 1 amide bonds. The Morgan fingerprint density at radius 3 is 2.92 bits per heavy atom. The minimum Gasteiger partial charge on any atom is -0.396 e. The van der Waals surface area contributed by atoms with Crippen molar-refractivity contribution in [1.29, 1.82) is 0 Å². The first kappa shape index (κ1) is 17.1. The van der Waals surface area contributed by atoms with Gasteiger partial charge in [0.25, 0.3) is 0 Å². The number of alkyl halides is 1. The minimum atomic E-state index is -0.378. The smallest absolute Gasteiger partial charge is 0.247 e. The molecule has 1 aliphatic carbocycles. The second-order valence-electron chi connectivity index (χ2n) is 6.25. The molecule has 2 atom stereocenters. The van der Waals surface area contributed by atoms with Crippen LogP contribution in [-0.4, -0.2) is 40.5 Å². The number of carbonyl (C=O) groups is 1. The first-order valence-electron chi connectivity index (χ1n) is 8.46. The van der Waals surface area contributed by atoms with Crippen LogP contribution in [0.4, 0.5) is 5.69 Å². The van der Waals surface area contributed by atoms with E-state index >= 15 is 0 Å². The molecule has 1 aromatic rings. The van der Waals surface area contributed by atoms with Gasteiger partial charge < -0.3 is 15.3 Å². The van der Waals surface area contributed by atoms with Gasteiger partial charge in [-0.3, -0.25) is 4.79 Å². The molecule has 0 fully saturated rings. The molecule has 2 unspecified atom stereocenters. The molecule has 0 spiro atoms. The van der Waals surface area contributed by atoms with Gasteiger partial charge in [-0.05, 0) is 49.5 Å². The lowest BCUT2D eigenvalue weighted by Crippen LogP contribution is -2.46. The van der Waals surface area contributed by atoms with Crippen molar-refractivity contribution in [1.82, 2.24) is 4.90 Å². The van der Waals surface area contributed by atoms with Gasteiger partial charge in [0, 0.05) is 24.5 Å². The van der Waals surface area contributed by atoms with Crippen LogP contribution in [0, 0.1) is 0 Å². The standard InChI is InChI=1S/C19H23ClN2O2/c20-15-8-9-17-14(13-15)5-4-11-22(17)18(10-12-23)19(24)21-16-6-2-1-3-7-16/h1-3,6-9,15,18,23H,4-5,10-13H2,(H,21,24). The van der Waals surface area contributed by atoms with Gasteiger partial charge in [0.05, 0.1) is 5.38 Å². The van der Waals surface area contributed by atoms with E-state index in [1.54, 1.807) is 0 Å². The van der Waals surface area contributed by atoms with Crippen LogP contribution in [0.25, 0.3) is 0 Å². The largest absolute Gasteiger partial charge is 0.396 e. The Balaban J connectivity index is 1.81. The molecule has 0 aromatic heterocycles. The topological polar surface area (TPSA) is 52.6 Å². The zero-order valence-electron chi connectivity index (χ0n) is 13.6. The number of para-hydroxylation sites is 1. The van der Waals surface area contributed by atoms with E-state index in [0.29, 0.717) is 6.42 Å². The van der Waals surface area contributed by atoms with E-state index in [1.807, 2.05) is 42.5 Å². The summed E-state index contributed by atoms with van der Waals surface area (Å²) in [6.45, 7) is 0.802. The fourth-order valence-electron chi connectivity index (χ4n) is 3.46. The van der Waals surface area contributed by atoms with Gasteiger partial charge in [0.1, 0.15) is 6.04 Å². The summed E-state index contributed by atoms with van der Waals surface area (Å²) in [4.78, 5) is 14.9. The quantitative estimate of drug-likeness (QED) is 0.804. The molecule has 128 valence electrons. The fourth-order valence-corrected chi connectivity index (χ4v) is 3.71. The Morgan fingerprint density at radius 1 is 1.38 bits per heavy atom. The van der Waals surface area contributed by atoms with Crippen LogP contribution < -0.4 is 5.32 Å². The molecule has 4 nitrogen and oxygen atoms in total. The van der Waals surface area contributed by atoms with Crippen molar-refractivity contribution >= 4 is 23.2 Å². The Labute approximate surface area is 147 Å². The average molecular weight is 347 g/mol. The molecule has 1 aliphatic heterocycles. The normalized spacial score (nSPS) is 21.4. The number of aliphatic hydroxyl groups is 1. The molecule has 0 bridgehead atoms. The Kier molecular flexibility index (Phi) is 5.59. The maximum Gasteiger partial charge on any atom is 0.247 e. The highest BCUT2D eigenvalue weighted by Gasteiger charge is 2.31. The van der Waals surface area contributed by atoms with E-state index in [2.05, 4.69) is 10.2 Å². The molecular formula is C19H23ClN2O2. The maximum absolute atomic E-state index is 12.8. The van der Waals surface area contributed by atoms with Gasteiger partial charge >= 0.3 is 0 Å². The first-order chi connectivity index (χ1) is 11.7. The summed E-state index contributed by atoms with van der Waals surface area (Å²) in [5.41, 5.74) is 3.20. The zero-order chi connectivity index (χ0) is 16.9. The van der Waals surface area contributed by atoms with Gasteiger partial charge in [-0.15, -0.1) is 11.6 Å². The Hall–Kier alpha value is -1.78. The third kappa shape index (κ3) is 3.82. The van der Waals surface area contributed by atoms with E-state index in [0.717, 1.165) is 37.2 Å². The van der Waals surface area contributed by atoms with Crippen molar-refractivity contribution < 1.29 is 9.90 Å². The molecule has 2 aliphatic rings. The van der Waals surface area contributed by atoms with Crippen molar-refractivity contribution in [3.8, 4) is 0 Å². The van der Waals surface area contributed by atoms with Crippen LogP contribution in [0.15, 0.2) is 53.8 Å².